The number of aryl methyl sites for hydroxylation is 1. The summed E-state index contributed by atoms with van der Waals surface area (Å²) in [6.07, 6.45) is 4.33. The van der Waals surface area contributed by atoms with Crippen LogP contribution in [0.3, 0.4) is 0 Å². The number of allylic oxidation sites excluding steroid dienone is 4. The van der Waals surface area contributed by atoms with E-state index in [1.807, 2.05) is 44.2 Å². The molecule has 1 heterocycles. The SMILES string of the molecule is C/C=C\C1=C(C)C(C)(C)c2cc(CN=C(N)c3ccccc3)ccc21.CC.Cc1cccc(-c2cccc3oc4ccc(-c5ccc6c7ccccc7c7ccccc7c6c5)cc4c23)c1. The van der Waals surface area contributed by atoms with Crippen LogP contribution >= 0.6 is 0 Å². The van der Waals surface area contributed by atoms with Crippen molar-refractivity contribution in [3.8, 4) is 22.3 Å². The topological polar surface area (TPSA) is 51.5 Å². The Labute approximate surface area is 383 Å². The number of nitrogens with two attached hydrogens (primary N) is 1. The van der Waals surface area contributed by atoms with E-state index in [4.69, 9.17) is 10.2 Å². The molecule has 1 aliphatic carbocycles. The molecular formula is C62H56N2O. The number of nitrogens with zero attached hydrogens (tertiary/aromatic N) is 1. The first-order valence-electron chi connectivity index (χ1n) is 22.9. The van der Waals surface area contributed by atoms with Gasteiger partial charge in [-0.25, -0.2) is 0 Å². The maximum absolute atomic E-state index is 6.31. The molecule has 3 heteroatoms. The summed E-state index contributed by atoms with van der Waals surface area (Å²) in [6.45, 7) is 15.6. The molecule has 65 heavy (non-hydrogen) atoms. The van der Waals surface area contributed by atoms with Crippen molar-refractivity contribution < 1.29 is 4.42 Å². The lowest BCUT2D eigenvalue weighted by Gasteiger charge is -2.22. The van der Waals surface area contributed by atoms with E-state index in [2.05, 4.69) is 197 Å². The average Bonchev–Trinajstić information content (AvgIpc) is 3.82. The molecule has 0 amide bonds. The molecule has 0 unspecified atom stereocenters. The molecule has 2 N–H and O–H groups in total. The predicted octanol–water partition coefficient (Wildman–Crippen LogP) is 16.9. The number of aliphatic imine (C=N–C) groups is 1. The van der Waals surface area contributed by atoms with Gasteiger partial charge in [-0.15, -0.1) is 0 Å². The minimum Gasteiger partial charge on any atom is -0.456 e. The lowest BCUT2D eigenvalue weighted by Crippen LogP contribution is -2.16. The molecular weight excluding hydrogens is 789 g/mol. The summed E-state index contributed by atoms with van der Waals surface area (Å²) in [7, 11) is 0. The van der Waals surface area contributed by atoms with Crippen molar-refractivity contribution in [2.45, 2.75) is 60.4 Å². The van der Waals surface area contributed by atoms with Gasteiger partial charge in [0.1, 0.15) is 17.0 Å². The highest BCUT2D eigenvalue weighted by Gasteiger charge is 2.34. The summed E-state index contributed by atoms with van der Waals surface area (Å²) < 4.78 is 6.31. The first-order valence-corrected chi connectivity index (χ1v) is 22.9. The third-order valence-electron chi connectivity index (χ3n) is 13.1. The molecule has 1 aliphatic rings. The first kappa shape index (κ1) is 42.8. The highest BCUT2D eigenvalue weighted by atomic mass is 16.3. The van der Waals surface area contributed by atoms with Gasteiger partial charge >= 0.3 is 0 Å². The van der Waals surface area contributed by atoms with Crippen LogP contribution < -0.4 is 5.73 Å². The van der Waals surface area contributed by atoms with Crippen LogP contribution in [0.4, 0.5) is 0 Å². The number of amidine groups is 1. The zero-order valence-electron chi connectivity index (χ0n) is 38.5. The standard InChI is InChI=1S/C37H24O.C23H26N2.C2H6/c1-23-8-6-9-26(20-23)27-14-7-15-36-37(27)34-22-25(17-19-35(34)38-36)24-16-18-32-30-12-3-2-10-28(30)29-11-4-5-13-31(29)33(32)21-24;1-5-9-19-16(2)23(3,4)21-14-17(12-13-20(19)21)15-25-22(24)18-10-7-6-8-11-18;1-2/h2-22H,1H3;5-14H,15H2,1-4H3,(H2,24,25);1-2H3/b;9-5-;. The maximum Gasteiger partial charge on any atom is 0.136 e. The molecule has 320 valence electrons. The first-order chi connectivity index (χ1) is 31.7. The summed E-state index contributed by atoms with van der Waals surface area (Å²) in [6, 6.07) is 62.6. The Morgan fingerprint density at radius 1 is 0.554 bits per heavy atom. The smallest absolute Gasteiger partial charge is 0.136 e. The molecule has 10 aromatic rings. The third kappa shape index (κ3) is 7.93. The predicted molar refractivity (Wildman–Crippen MR) is 281 cm³/mol. The van der Waals surface area contributed by atoms with Gasteiger partial charge in [0.15, 0.2) is 0 Å². The summed E-state index contributed by atoms with van der Waals surface area (Å²) in [5.74, 6) is 0.587. The molecule has 0 saturated heterocycles. The maximum atomic E-state index is 6.31. The van der Waals surface area contributed by atoms with Crippen molar-refractivity contribution in [1.29, 1.82) is 0 Å². The minimum absolute atomic E-state index is 0.0505. The van der Waals surface area contributed by atoms with Crippen LogP contribution in [0.2, 0.25) is 0 Å². The second kappa shape index (κ2) is 17.9. The molecule has 0 bridgehead atoms. The lowest BCUT2D eigenvalue weighted by atomic mass is 9.81. The van der Waals surface area contributed by atoms with Gasteiger partial charge in [0.2, 0.25) is 0 Å². The Morgan fingerprint density at radius 2 is 1.17 bits per heavy atom. The Hall–Kier alpha value is -7.49. The van der Waals surface area contributed by atoms with Crippen LogP contribution in [0.5, 0.6) is 0 Å². The Balaban J connectivity index is 0.000000172. The van der Waals surface area contributed by atoms with Crippen LogP contribution in [-0.4, -0.2) is 5.84 Å². The van der Waals surface area contributed by atoms with Gasteiger partial charge in [-0.3, -0.25) is 4.99 Å². The van der Waals surface area contributed by atoms with Gasteiger partial charge in [0.05, 0.1) is 6.54 Å². The van der Waals surface area contributed by atoms with Gasteiger partial charge in [0.25, 0.3) is 0 Å². The minimum atomic E-state index is 0.0505. The van der Waals surface area contributed by atoms with Gasteiger partial charge in [0, 0.05) is 21.8 Å². The highest BCUT2D eigenvalue weighted by Crippen LogP contribution is 2.47. The van der Waals surface area contributed by atoms with Crippen molar-refractivity contribution in [3.63, 3.8) is 0 Å². The Kier molecular flexibility index (Phi) is 11.8. The number of rotatable bonds is 6. The monoisotopic (exact) mass is 844 g/mol. The summed E-state index contributed by atoms with van der Waals surface area (Å²) in [5.41, 5.74) is 21.7. The van der Waals surface area contributed by atoms with Gasteiger partial charge in [-0.1, -0.05) is 203 Å². The van der Waals surface area contributed by atoms with E-state index < -0.39 is 0 Å². The molecule has 1 aromatic heterocycles. The molecule has 3 nitrogen and oxygen atoms in total. The molecule has 0 radical (unpaired) electrons. The van der Waals surface area contributed by atoms with E-state index in [0.717, 1.165) is 22.1 Å². The fourth-order valence-electron chi connectivity index (χ4n) is 9.59. The Morgan fingerprint density at radius 3 is 1.85 bits per heavy atom. The van der Waals surface area contributed by atoms with E-state index in [9.17, 15) is 0 Å². The van der Waals surface area contributed by atoms with Gasteiger partial charge < -0.3 is 10.2 Å². The fourth-order valence-corrected chi connectivity index (χ4v) is 9.59. The summed E-state index contributed by atoms with van der Waals surface area (Å²) in [4.78, 5) is 4.58. The number of furan rings is 1. The number of fused-ring (bicyclic) bond motifs is 10. The van der Waals surface area contributed by atoms with E-state index in [1.165, 1.54) is 93.4 Å². The number of hydrogen-bond donors (Lipinski definition) is 1. The zero-order valence-corrected chi connectivity index (χ0v) is 38.5. The Bertz CT molecular complexity index is 3450. The van der Waals surface area contributed by atoms with E-state index in [-0.39, 0.29) is 5.41 Å². The van der Waals surface area contributed by atoms with Crippen molar-refractivity contribution in [3.05, 3.63) is 221 Å². The molecule has 0 fully saturated rings. The number of benzene rings is 9. The average molecular weight is 845 g/mol. The molecule has 0 saturated carbocycles. The zero-order chi connectivity index (χ0) is 45.2. The van der Waals surface area contributed by atoms with Crippen molar-refractivity contribution in [1.82, 2.24) is 0 Å². The van der Waals surface area contributed by atoms with E-state index in [0.29, 0.717) is 12.4 Å². The van der Waals surface area contributed by atoms with E-state index >= 15 is 0 Å². The molecule has 0 atom stereocenters. The second-order valence-corrected chi connectivity index (χ2v) is 17.3. The molecule has 9 aromatic carbocycles. The van der Waals surface area contributed by atoms with E-state index in [1.54, 1.807) is 0 Å². The molecule has 0 spiro atoms. The second-order valence-electron chi connectivity index (χ2n) is 17.3. The van der Waals surface area contributed by atoms with Crippen LogP contribution in [0.15, 0.2) is 203 Å². The number of hydrogen-bond acceptors (Lipinski definition) is 2. The molecule has 11 rings (SSSR count). The van der Waals surface area contributed by atoms with Crippen LogP contribution in [0.25, 0.3) is 82.1 Å². The highest BCUT2D eigenvalue weighted by molar-refractivity contribution is 6.26. The van der Waals surface area contributed by atoms with Crippen molar-refractivity contribution in [2.75, 3.05) is 0 Å². The summed E-state index contributed by atoms with van der Waals surface area (Å²) in [5, 5.41) is 10.1. The largest absolute Gasteiger partial charge is 0.456 e. The normalized spacial score (nSPS) is 13.4. The molecule has 0 aliphatic heterocycles. The van der Waals surface area contributed by atoms with Crippen molar-refractivity contribution >= 4 is 65.7 Å². The lowest BCUT2D eigenvalue weighted by molar-refractivity contribution is 0.638. The van der Waals surface area contributed by atoms with Crippen LogP contribution in [0.1, 0.15) is 69.4 Å². The van der Waals surface area contributed by atoms with Crippen LogP contribution in [0, 0.1) is 6.92 Å². The summed E-state index contributed by atoms with van der Waals surface area (Å²) >= 11 is 0. The van der Waals surface area contributed by atoms with Crippen molar-refractivity contribution in [2.24, 2.45) is 10.7 Å². The quantitative estimate of drug-likeness (QED) is 0.103. The third-order valence-corrected chi connectivity index (χ3v) is 13.1. The van der Waals surface area contributed by atoms with Gasteiger partial charge in [-0.05, 0) is 122 Å². The van der Waals surface area contributed by atoms with Gasteiger partial charge in [-0.2, -0.15) is 0 Å². The fraction of sp³-hybridized carbons (Fsp3) is 0.145. The van der Waals surface area contributed by atoms with Crippen LogP contribution in [-0.2, 0) is 12.0 Å².